The summed E-state index contributed by atoms with van der Waals surface area (Å²) in [4.78, 5) is 35.0. The zero-order chi connectivity index (χ0) is 17.4. The minimum Gasteiger partial charge on any atom is -0.479 e. The lowest BCUT2D eigenvalue weighted by Gasteiger charge is -2.23. The van der Waals surface area contributed by atoms with Gasteiger partial charge in [0.1, 0.15) is 0 Å². The van der Waals surface area contributed by atoms with Gasteiger partial charge in [-0.15, -0.1) is 0 Å². The Morgan fingerprint density at radius 2 is 1.75 bits per heavy atom. The Morgan fingerprint density at radius 3 is 2.38 bits per heavy atom. The summed E-state index contributed by atoms with van der Waals surface area (Å²) in [6.45, 7) is -0.269. The Kier molecular flexibility index (Phi) is 6.60. The number of urea groups is 1. The largest absolute Gasteiger partial charge is 0.479 e. The van der Waals surface area contributed by atoms with Gasteiger partial charge < -0.3 is 21.1 Å². The summed E-state index contributed by atoms with van der Waals surface area (Å²) in [5, 5.41) is 17.0. The Hall–Kier alpha value is -2.57. The van der Waals surface area contributed by atoms with Crippen LogP contribution in [0.5, 0.6) is 0 Å². The van der Waals surface area contributed by atoms with Gasteiger partial charge in [-0.25, -0.2) is 9.59 Å². The van der Waals surface area contributed by atoms with E-state index in [1.807, 2.05) is 0 Å². The average Bonchev–Trinajstić information content (AvgIpc) is 2.59. The second-order valence-electron chi connectivity index (χ2n) is 5.91. The first kappa shape index (κ1) is 17.8. The van der Waals surface area contributed by atoms with Gasteiger partial charge in [-0.3, -0.25) is 4.79 Å². The molecule has 1 aromatic rings. The molecule has 0 bridgehead atoms. The summed E-state index contributed by atoms with van der Waals surface area (Å²) in [6, 6.07) is 7.04. The molecule has 24 heavy (non-hydrogen) atoms. The molecule has 7 heteroatoms. The van der Waals surface area contributed by atoms with Crippen molar-refractivity contribution < 1.29 is 19.5 Å². The fraction of sp³-hybridized carbons (Fsp3) is 0.471. The predicted octanol–water partition coefficient (Wildman–Crippen LogP) is 1.56. The van der Waals surface area contributed by atoms with Crippen molar-refractivity contribution in [3.05, 3.63) is 35.9 Å². The quantitative estimate of drug-likeness (QED) is 0.633. The lowest BCUT2D eigenvalue weighted by atomic mass is 9.96. The number of amides is 3. The van der Waals surface area contributed by atoms with Crippen LogP contribution in [0.4, 0.5) is 4.79 Å². The van der Waals surface area contributed by atoms with E-state index in [0.717, 1.165) is 25.7 Å². The van der Waals surface area contributed by atoms with E-state index in [2.05, 4.69) is 16.0 Å². The molecule has 1 aliphatic rings. The van der Waals surface area contributed by atoms with E-state index < -0.39 is 23.9 Å². The summed E-state index contributed by atoms with van der Waals surface area (Å²) in [7, 11) is 0. The Balaban J connectivity index is 1.78. The zero-order valence-electron chi connectivity index (χ0n) is 13.5. The number of hydrogen-bond acceptors (Lipinski definition) is 3. The average molecular weight is 333 g/mol. The molecule has 4 N–H and O–H groups in total. The molecule has 1 fully saturated rings. The topological polar surface area (TPSA) is 108 Å². The van der Waals surface area contributed by atoms with E-state index in [-0.39, 0.29) is 12.6 Å². The van der Waals surface area contributed by atoms with Crippen LogP contribution in [0.3, 0.4) is 0 Å². The van der Waals surface area contributed by atoms with Crippen molar-refractivity contribution in [2.24, 2.45) is 0 Å². The molecule has 1 saturated carbocycles. The second-order valence-corrected chi connectivity index (χ2v) is 5.91. The van der Waals surface area contributed by atoms with Crippen LogP contribution < -0.4 is 16.0 Å². The molecule has 7 nitrogen and oxygen atoms in total. The minimum atomic E-state index is -1.15. The third kappa shape index (κ3) is 5.57. The molecule has 3 amide bonds. The molecule has 1 atom stereocenters. The molecule has 0 aromatic heterocycles. The number of hydrogen-bond donors (Lipinski definition) is 4. The standard InChI is InChI=1S/C17H23N3O4/c21-14(11-18-17(24)19-13-9-5-2-6-10-13)20-15(16(22)23)12-7-3-1-4-8-12/h1,3-4,7-8,13,15H,2,5-6,9-11H2,(H,20,21)(H,22,23)(H2,18,19,24)/t15-/m0/s1. The highest BCUT2D eigenvalue weighted by Gasteiger charge is 2.22. The predicted molar refractivity (Wildman–Crippen MR) is 88.4 cm³/mol. The first-order valence-corrected chi connectivity index (χ1v) is 8.17. The number of carbonyl (C=O) groups excluding carboxylic acids is 2. The molecule has 0 saturated heterocycles. The molecule has 0 heterocycles. The van der Waals surface area contributed by atoms with Gasteiger partial charge in [-0.05, 0) is 18.4 Å². The van der Waals surface area contributed by atoms with Gasteiger partial charge in [0.2, 0.25) is 5.91 Å². The van der Waals surface area contributed by atoms with Crippen LogP contribution in [-0.4, -0.2) is 35.6 Å². The first-order chi connectivity index (χ1) is 11.6. The van der Waals surface area contributed by atoms with Crippen LogP contribution >= 0.6 is 0 Å². The molecular formula is C17H23N3O4. The third-order valence-electron chi connectivity index (χ3n) is 4.04. The lowest BCUT2D eigenvalue weighted by Crippen LogP contribution is -2.47. The van der Waals surface area contributed by atoms with Crippen LogP contribution in [-0.2, 0) is 9.59 Å². The van der Waals surface area contributed by atoms with E-state index in [0.29, 0.717) is 5.56 Å². The third-order valence-corrected chi connectivity index (χ3v) is 4.04. The molecule has 130 valence electrons. The number of benzene rings is 1. The van der Waals surface area contributed by atoms with Crippen molar-refractivity contribution in [2.45, 2.75) is 44.2 Å². The molecule has 2 rings (SSSR count). The van der Waals surface area contributed by atoms with Gasteiger partial charge in [-0.1, -0.05) is 49.6 Å². The van der Waals surface area contributed by atoms with Crippen LogP contribution in [0.1, 0.15) is 43.7 Å². The number of nitrogens with one attached hydrogen (secondary N) is 3. The van der Waals surface area contributed by atoms with Crippen LogP contribution in [0.2, 0.25) is 0 Å². The summed E-state index contributed by atoms with van der Waals surface area (Å²) in [5.74, 6) is -1.70. The van der Waals surface area contributed by atoms with Gasteiger partial charge in [0.25, 0.3) is 0 Å². The molecular weight excluding hydrogens is 310 g/mol. The number of carbonyl (C=O) groups is 3. The van der Waals surface area contributed by atoms with Gasteiger partial charge in [0.05, 0.1) is 6.54 Å². The number of carboxylic acids is 1. The van der Waals surface area contributed by atoms with E-state index in [9.17, 15) is 19.5 Å². The van der Waals surface area contributed by atoms with Crippen molar-refractivity contribution in [3.8, 4) is 0 Å². The van der Waals surface area contributed by atoms with Gasteiger partial charge >= 0.3 is 12.0 Å². The van der Waals surface area contributed by atoms with Crippen LogP contribution in [0, 0.1) is 0 Å². The summed E-state index contributed by atoms with van der Waals surface area (Å²) < 4.78 is 0. The van der Waals surface area contributed by atoms with E-state index in [1.54, 1.807) is 30.3 Å². The Morgan fingerprint density at radius 1 is 1.08 bits per heavy atom. The van der Waals surface area contributed by atoms with Gasteiger partial charge in [-0.2, -0.15) is 0 Å². The molecule has 0 aliphatic heterocycles. The number of carboxylic acid groups (broad SMARTS) is 1. The van der Waals surface area contributed by atoms with Crippen molar-refractivity contribution in [3.63, 3.8) is 0 Å². The maximum absolute atomic E-state index is 11.9. The van der Waals surface area contributed by atoms with E-state index in [1.165, 1.54) is 6.42 Å². The van der Waals surface area contributed by atoms with Crippen LogP contribution in [0.15, 0.2) is 30.3 Å². The molecule has 1 aliphatic carbocycles. The summed E-state index contributed by atoms with van der Waals surface area (Å²) >= 11 is 0. The lowest BCUT2D eigenvalue weighted by molar-refractivity contribution is -0.141. The fourth-order valence-corrected chi connectivity index (χ4v) is 2.79. The highest BCUT2D eigenvalue weighted by Crippen LogP contribution is 2.17. The van der Waals surface area contributed by atoms with Crippen molar-refractivity contribution in [1.82, 2.24) is 16.0 Å². The first-order valence-electron chi connectivity index (χ1n) is 8.17. The monoisotopic (exact) mass is 333 g/mol. The SMILES string of the molecule is O=C(CNC(=O)NC1CCCCC1)N[C@H](C(=O)O)c1ccccc1. The molecule has 0 radical (unpaired) electrons. The zero-order valence-corrected chi connectivity index (χ0v) is 13.5. The highest BCUT2D eigenvalue weighted by molar-refractivity contribution is 5.88. The minimum absolute atomic E-state index is 0.151. The fourth-order valence-electron chi connectivity index (χ4n) is 2.79. The summed E-state index contributed by atoms with van der Waals surface area (Å²) in [6.07, 6.45) is 5.30. The van der Waals surface area contributed by atoms with Crippen molar-refractivity contribution >= 4 is 17.9 Å². The van der Waals surface area contributed by atoms with Crippen LogP contribution in [0.25, 0.3) is 0 Å². The van der Waals surface area contributed by atoms with Gasteiger partial charge in [0, 0.05) is 6.04 Å². The smallest absolute Gasteiger partial charge is 0.330 e. The Bertz CT molecular complexity index is 570. The normalized spacial score (nSPS) is 16.0. The second kappa shape index (κ2) is 8.90. The molecule has 0 unspecified atom stereocenters. The highest BCUT2D eigenvalue weighted by atomic mass is 16.4. The summed E-state index contributed by atoms with van der Waals surface area (Å²) in [5.41, 5.74) is 0.477. The number of rotatable bonds is 6. The molecule has 0 spiro atoms. The van der Waals surface area contributed by atoms with Crippen molar-refractivity contribution in [1.29, 1.82) is 0 Å². The number of aliphatic carboxylic acids is 1. The van der Waals surface area contributed by atoms with Crippen molar-refractivity contribution in [2.75, 3.05) is 6.54 Å². The molecule has 1 aromatic carbocycles. The van der Waals surface area contributed by atoms with E-state index in [4.69, 9.17) is 0 Å². The van der Waals surface area contributed by atoms with Gasteiger partial charge in [0.15, 0.2) is 6.04 Å². The maximum atomic E-state index is 11.9. The maximum Gasteiger partial charge on any atom is 0.330 e. The van der Waals surface area contributed by atoms with E-state index >= 15 is 0 Å². The Labute approximate surface area is 140 Å².